The van der Waals surface area contributed by atoms with E-state index in [1.165, 1.54) is 10.4 Å². The van der Waals surface area contributed by atoms with E-state index in [1.54, 1.807) is 0 Å². The van der Waals surface area contributed by atoms with Gasteiger partial charge in [0.25, 0.3) is 0 Å². The fraction of sp³-hybridized carbons (Fsp3) is 0.200. The second-order valence-electron chi connectivity index (χ2n) is 4.55. The Morgan fingerprint density at radius 2 is 1.00 bits per heavy atom. The Bertz CT molecular complexity index is 389. The summed E-state index contributed by atoms with van der Waals surface area (Å²) in [5.41, 5.74) is 0. The maximum atomic E-state index is 6.43. The standard InChI is InChI=1S/C12H10ClSi.3CH3.Sn/c13-14(11-7-3-1-4-8-11)12-9-5-2-6-10-12;;;;/h1-10H;3*1H3;. The molecule has 2 aromatic carbocycles. The van der Waals surface area contributed by atoms with E-state index in [4.69, 9.17) is 11.1 Å². The third kappa shape index (κ3) is 6.07. The predicted molar refractivity (Wildman–Crippen MR) is 87.1 cm³/mol. The van der Waals surface area contributed by atoms with Crippen molar-refractivity contribution in [2.45, 2.75) is 14.8 Å². The van der Waals surface area contributed by atoms with Gasteiger partial charge in [0.15, 0.2) is 0 Å². The first-order chi connectivity index (χ1) is 8.61. The van der Waals surface area contributed by atoms with Crippen molar-refractivity contribution in [1.82, 2.24) is 0 Å². The van der Waals surface area contributed by atoms with E-state index < -0.39 is 27.9 Å². The summed E-state index contributed by atoms with van der Waals surface area (Å²) >= 11 is 5.89. The van der Waals surface area contributed by atoms with Crippen LogP contribution >= 0.6 is 11.1 Å². The molecule has 0 N–H and O–H groups in total. The zero-order chi connectivity index (χ0) is 13.4. The van der Waals surface area contributed by atoms with E-state index in [1.807, 2.05) is 36.4 Å². The molecular weight excluding hydrogens is 362 g/mol. The number of hydrogen-bond acceptors (Lipinski definition) is 0. The summed E-state index contributed by atoms with van der Waals surface area (Å²) in [6.45, 7) is 0. The summed E-state index contributed by atoms with van der Waals surface area (Å²) in [6, 6.07) is 20.5. The van der Waals surface area contributed by atoms with Crippen LogP contribution in [0.15, 0.2) is 60.7 Å². The van der Waals surface area contributed by atoms with Crippen LogP contribution in [0.4, 0.5) is 0 Å². The van der Waals surface area contributed by atoms with Crippen LogP contribution in [0.25, 0.3) is 0 Å². The number of benzene rings is 2. The van der Waals surface area contributed by atoms with E-state index in [0.29, 0.717) is 0 Å². The first kappa shape index (κ1) is 15.8. The molecular formula is C15H19ClSiSn. The van der Waals surface area contributed by atoms with E-state index in [0.717, 1.165) is 0 Å². The first-order valence-electron chi connectivity index (χ1n) is 6.01. The van der Waals surface area contributed by atoms with Gasteiger partial charge in [0.2, 0.25) is 8.11 Å². The molecule has 0 fully saturated rings. The van der Waals surface area contributed by atoms with Gasteiger partial charge in [0.05, 0.1) is 0 Å². The zero-order valence-electron chi connectivity index (χ0n) is 11.2. The van der Waals surface area contributed by atoms with Gasteiger partial charge >= 0.3 is 34.6 Å². The van der Waals surface area contributed by atoms with Crippen LogP contribution in [0.1, 0.15) is 0 Å². The molecule has 0 atom stereocenters. The van der Waals surface area contributed by atoms with Gasteiger partial charge in [-0.05, 0) is 10.4 Å². The summed E-state index contributed by atoms with van der Waals surface area (Å²) in [6.07, 6.45) is 0. The fourth-order valence-corrected chi connectivity index (χ4v) is 3.40. The van der Waals surface area contributed by atoms with Crippen LogP contribution < -0.4 is 10.4 Å². The average Bonchev–Trinajstić information content (AvgIpc) is 2.39. The molecule has 0 unspecified atom stereocenters. The van der Waals surface area contributed by atoms with Gasteiger partial charge in [-0.1, -0.05) is 60.7 Å². The molecule has 0 aliphatic rings. The van der Waals surface area contributed by atoms with Crippen LogP contribution in [-0.2, 0) is 0 Å². The number of halogens is 1. The molecule has 0 saturated carbocycles. The quantitative estimate of drug-likeness (QED) is 0.552. The molecule has 0 bridgehead atoms. The Labute approximate surface area is 124 Å². The third-order valence-electron chi connectivity index (χ3n) is 2.05. The van der Waals surface area contributed by atoms with E-state index in [-0.39, 0.29) is 0 Å². The molecule has 0 heterocycles. The predicted octanol–water partition coefficient (Wildman–Crippen LogP) is 3.40. The normalized spacial score (nSPS) is 10.1. The van der Waals surface area contributed by atoms with Crippen molar-refractivity contribution in [1.29, 1.82) is 0 Å². The molecule has 2 aromatic rings. The van der Waals surface area contributed by atoms with Crippen LogP contribution in [0.5, 0.6) is 0 Å². The Morgan fingerprint density at radius 3 is 1.28 bits per heavy atom. The third-order valence-corrected chi connectivity index (χ3v) is 5.04. The van der Waals surface area contributed by atoms with Crippen molar-refractivity contribution in [2.24, 2.45) is 0 Å². The summed E-state index contributed by atoms with van der Waals surface area (Å²) < 4.78 is 0. The summed E-state index contributed by atoms with van der Waals surface area (Å²) in [4.78, 5) is 7.09. The molecule has 18 heavy (non-hydrogen) atoms. The second kappa shape index (κ2) is 8.78. The Morgan fingerprint density at radius 1 is 0.722 bits per heavy atom. The Balaban J connectivity index is 0.000000357. The molecule has 0 aliphatic carbocycles. The molecule has 0 amide bonds. The Kier molecular flexibility index (Phi) is 7.71. The molecule has 0 nitrogen and oxygen atoms in total. The number of hydrogen-bond donors (Lipinski definition) is 0. The van der Waals surface area contributed by atoms with Crippen LogP contribution in [0.3, 0.4) is 0 Å². The Hall–Kier alpha value is -0.254. The van der Waals surface area contributed by atoms with Crippen molar-refractivity contribution in [2.75, 3.05) is 0 Å². The van der Waals surface area contributed by atoms with Gasteiger partial charge in [-0.3, -0.25) is 0 Å². The van der Waals surface area contributed by atoms with Crippen molar-refractivity contribution in [3.8, 4) is 0 Å². The van der Waals surface area contributed by atoms with Crippen molar-refractivity contribution >= 4 is 49.3 Å². The van der Waals surface area contributed by atoms with E-state index in [9.17, 15) is 0 Å². The SMILES string of the molecule is Cl[Si](c1ccccc1)c1ccccc1.[CH3][Sn]([CH3])[CH3]. The van der Waals surface area contributed by atoms with E-state index >= 15 is 0 Å². The van der Waals surface area contributed by atoms with Gasteiger partial charge in [-0.25, -0.2) is 0 Å². The maximum absolute atomic E-state index is 6.43. The average molecular weight is 382 g/mol. The molecule has 0 spiro atoms. The van der Waals surface area contributed by atoms with Gasteiger partial charge in [0.1, 0.15) is 0 Å². The fourth-order valence-electron chi connectivity index (χ4n) is 1.34. The monoisotopic (exact) mass is 382 g/mol. The van der Waals surface area contributed by atoms with Crippen molar-refractivity contribution < 1.29 is 0 Å². The van der Waals surface area contributed by atoms with Gasteiger partial charge in [-0.2, -0.15) is 11.1 Å². The van der Waals surface area contributed by atoms with Crippen LogP contribution in [0.2, 0.25) is 14.8 Å². The molecule has 0 aromatic heterocycles. The molecule has 94 valence electrons. The second-order valence-corrected chi connectivity index (χ2v) is 16.0. The number of rotatable bonds is 2. The van der Waals surface area contributed by atoms with E-state index in [2.05, 4.69) is 39.1 Å². The summed E-state index contributed by atoms with van der Waals surface area (Å²) in [5, 5.41) is 2.48. The summed E-state index contributed by atoms with van der Waals surface area (Å²) in [7, 11) is -1.07. The van der Waals surface area contributed by atoms with Crippen molar-refractivity contribution in [3.63, 3.8) is 0 Å². The topological polar surface area (TPSA) is 0 Å². The molecule has 3 heteroatoms. The van der Waals surface area contributed by atoms with Gasteiger partial charge in [-0.15, -0.1) is 0 Å². The van der Waals surface area contributed by atoms with Crippen LogP contribution in [0, 0.1) is 0 Å². The summed E-state index contributed by atoms with van der Waals surface area (Å²) in [5.74, 6) is 0. The minimum atomic E-state index is -1.07. The zero-order valence-corrected chi connectivity index (χ0v) is 15.8. The molecule has 2 rings (SSSR count). The first-order valence-corrected chi connectivity index (χ1v) is 17.1. The van der Waals surface area contributed by atoms with Crippen LogP contribution in [-0.4, -0.2) is 27.9 Å². The van der Waals surface area contributed by atoms with Gasteiger partial charge < -0.3 is 0 Å². The molecule has 0 aliphatic heterocycles. The molecule has 2 radical (unpaired) electrons. The molecule has 0 saturated heterocycles. The van der Waals surface area contributed by atoms with Crippen molar-refractivity contribution in [3.05, 3.63) is 60.7 Å². The minimum absolute atomic E-state index is 0.543. The van der Waals surface area contributed by atoms with Gasteiger partial charge in [0, 0.05) is 0 Å².